The van der Waals surface area contributed by atoms with Crippen LogP contribution in [0.2, 0.25) is 0 Å². The Bertz CT molecular complexity index is 836. The zero-order chi connectivity index (χ0) is 16.2. The van der Waals surface area contributed by atoms with Gasteiger partial charge < -0.3 is 4.57 Å². The van der Waals surface area contributed by atoms with Crippen LogP contribution < -0.4 is 5.32 Å². The number of hydrogen-bond acceptors (Lipinski definition) is 2. The van der Waals surface area contributed by atoms with E-state index >= 15 is 0 Å². The Balaban J connectivity index is 1.70. The highest BCUT2D eigenvalue weighted by Crippen LogP contribution is 2.19. The van der Waals surface area contributed by atoms with E-state index in [-0.39, 0.29) is 5.91 Å². The number of anilines is 1. The van der Waals surface area contributed by atoms with Gasteiger partial charge in [-0.15, -0.1) is 0 Å². The van der Waals surface area contributed by atoms with Crippen LogP contribution in [0.3, 0.4) is 0 Å². The molecule has 0 saturated carbocycles. The summed E-state index contributed by atoms with van der Waals surface area (Å²) in [6, 6.07) is 16.2. The maximum atomic E-state index is 12.3. The lowest BCUT2D eigenvalue weighted by Crippen LogP contribution is -2.16. The normalized spacial score (nSPS) is 10.9. The zero-order valence-electron chi connectivity index (χ0n) is 13.5. The van der Waals surface area contributed by atoms with Gasteiger partial charge in [0, 0.05) is 13.0 Å². The molecular weight excluding hydrogens is 286 g/mol. The second-order valence-electron chi connectivity index (χ2n) is 5.71. The van der Waals surface area contributed by atoms with Crippen molar-refractivity contribution in [2.24, 2.45) is 0 Å². The molecular formula is C19H21N3O. The number of amides is 1. The molecule has 2 aromatic carbocycles. The summed E-state index contributed by atoms with van der Waals surface area (Å²) in [5.74, 6) is 0.624. The Hall–Kier alpha value is -2.62. The summed E-state index contributed by atoms with van der Waals surface area (Å²) in [7, 11) is 0. The van der Waals surface area contributed by atoms with Crippen LogP contribution in [0, 0.1) is 6.92 Å². The molecule has 0 bridgehead atoms. The van der Waals surface area contributed by atoms with E-state index in [1.165, 1.54) is 11.1 Å². The van der Waals surface area contributed by atoms with E-state index in [1.807, 2.05) is 34.9 Å². The summed E-state index contributed by atoms with van der Waals surface area (Å²) >= 11 is 0. The molecule has 1 N–H and O–H groups in total. The monoisotopic (exact) mass is 307 g/mol. The van der Waals surface area contributed by atoms with Crippen molar-refractivity contribution in [1.82, 2.24) is 9.55 Å². The van der Waals surface area contributed by atoms with E-state index in [2.05, 4.69) is 42.3 Å². The second kappa shape index (κ2) is 6.65. The Labute approximate surface area is 136 Å². The summed E-state index contributed by atoms with van der Waals surface area (Å²) < 4.78 is 2.03. The minimum atomic E-state index is -0.00323. The first-order chi connectivity index (χ1) is 11.2. The molecule has 0 unspecified atom stereocenters. The van der Waals surface area contributed by atoms with Crippen LogP contribution in [0.4, 0.5) is 5.95 Å². The molecule has 3 rings (SSSR count). The number of carbonyl (C=O) groups excluding carboxylic acids is 1. The van der Waals surface area contributed by atoms with Gasteiger partial charge in [0.1, 0.15) is 0 Å². The van der Waals surface area contributed by atoms with Gasteiger partial charge in [-0.05, 0) is 38.0 Å². The van der Waals surface area contributed by atoms with Gasteiger partial charge in [0.25, 0.3) is 0 Å². The predicted octanol–water partition coefficient (Wildman–Crippen LogP) is 3.94. The Morgan fingerprint density at radius 3 is 2.78 bits per heavy atom. The smallest absolute Gasteiger partial charge is 0.227 e. The molecule has 0 saturated heterocycles. The van der Waals surface area contributed by atoms with E-state index in [4.69, 9.17) is 0 Å². The zero-order valence-corrected chi connectivity index (χ0v) is 13.5. The fourth-order valence-corrected chi connectivity index (χ4v) is 2.80. The van der Waals surface area contributed by atoms with Crippen LogP contribution >= 0.6 is 0 Å². The first-order valence-corrected chi connectivity index (χ1v) is 7.98. The van der Waals surface area contributed by atoms with Gasteiger partial charge in [-0.2, -0.15) is 0 Å². The molecule has 0 aliphatic rings. The number of aromatic nitrogens is 2. The molecule has 0 fully saturated rings. The van der Waals surface area contributed by atoms with Crippen molar-refractivity contribution in [1.29, 1.82) is 0 Å². The molecule has 1 aromatic heterocycles. The number of aryl methyl sites for hydroxylation is 3. The van der Waals surface area contributed by atoms with Crippen molar-refractivity contribution < 1.29 is 4.79 Å². The molecule has 23 heavy (non-hydrogen) atoms. The van der Waals surface area contributed by atoms with Crippen LogP contribution in [0.1, 0.15) is 24.5 Å². The quantitative estimate of drug-likeness (QED) is 0.776. The second-order valence-corrected chi connectivity index (χ2v) is 5.71. The number of carbonyl (C=O) groups is 1. The van der Waals surface area contributed by atoms with Gasteiger partial charge in [0.2, 0.25) is 11.9 Å². The van der Waals surface area contributed by atoms with Crippen LogP contribution in [0.25, 0.3) is 11.0 Å². The molecule has 0 aliphatic heterocycles. The number of imidazole rings is 1. The van der Waals surface area contributed by atoms with Crippen LogP contribution in [0.15, 0.2) is 48.5 Å². The lowest BCUT2D eigenvalue weighted by atomic mass is 10.1. The number of benzene rings is 2. The third-order valence-corrected chi connectivity index (χ3v) is 3.95. The largest absolute Gasteiger partial charge is 0.310 e. The lowest BCUT2D eigenvalue weighted by Gasteiger charge is -2.08. The number of rotatable bonds is 5. The molecule has 0 atom stereocenters. The highest BCUT2D eigenvalue weighted by Gasteiger charge is 2.11. The number of hydrogen-bond donors (Lipinski definition) is 1. The maximum Gasteiger partial charge on any atom is 0.227 e. The van der Waals surface area contributed by atoms with Crippen molar-refractivity contribution >= 4 is 22.9 Å². The SMILES string of the molecule is CCn1c(NC(=O)CCc2cccc(C)c2)nc2ccccc21. The molecule has 1 amide bonds. The fraction of sp³-hybridized carbons (Fsp3) is 0.263. The molecule has 1 heterocycles. The van der Waals surface area contributed by atoms with Gasteiger partial charge in [0.15, 0.2) is 0 Å². The van der Waals surface area contributed by atoms with Crippen LogP contribution in [-0.4, -0.2) is 15.5 Å². The van der Waals surface area contributed by atoms with Crippen molar-refractivity contribution in [3.8, 4) is 0 Å². The minimum Gasteiger partial charge on any atom is -0.310 e. The van der Waals surface area contributed by atoms with Gasteiger partial charge in [-0.3, -0.25) is 10.1 Å². The number of nitrogens with one attached hydrogen (secondary N) is 1. The van der Waals surface area contributed by atoms with Crippen molar-refractivity contribution in [2.75, 3.05) is 5.32 Å². The summed E-state index contributed by atoms with van der Waals surface area (Å²) in [5, 5.41) is 2.95. The predicted molar refractivity (Wildman–Crippen MR) is 93.5 cm³/mol. The Morgan fingerprint density at radius 1 is 1.17 bits per heavy atom. The topological polar surface area (TPSA) is 46.9 Å². The standard InChI is InChI=1S/C19H21N3O/c1-3-22-17-10-5-4-9-16(17)20-19(22)21-18(23)12-11-15-8-6-7-14(2)13-15/h4-10,13H,3,11-12H2,1-2H3,(H,20,21,23). The maximum absolute atomic E-state index is 12.3. The first-order valence-electron chi connectivity index (χ1n) is 7.98. The average Bonchev–Trinajstić information content (AvgIpc) is 2.90. The van der Waals surface area contributed by atoms with Crippen LogP contribution in [0.5, 0.6) is 0 Å². The molecule has 4 heteroatoms. The van der Waals surface area contributed by atoms with E-state index in [0.29, 0.717) is 12.4 Å². The third-order valence-electron chi connectivity index (χ3n) is 3.95. The molecule has 0 radical (unpaired) electrons. The third kappa shape index (κ3) is 3.42. The highest BCUT2D eigenvalue weighted by atomic mass is 16.1. The van der Waals surface area contributed by atoms with E-state index in [9.17, 15) is 4.79 Å². The van der Waals surface area contributed by atoms with Gasteiger partial charge >= 0.3 is 0 Å². The molecule has 0 aliphatic carbocycles. The van der Waals surface area contributed by atoms with E-state index in [1.54, 1.807) is 0 Å². The summed E-state index contributed by atoms with van der Waals surface area (Å²) in [6.45, 7) is 4.89. The summed E-state index contributed by atoms with van der Waals surface area (Å²) in [6.07, 6.45) is 1.19. The Morgan fingerprint density at radius 2 is 2.00 bits per heavy atom. The van der Waals surface area contributed by atoms with E-state index < -0.39 is 0 Å². The molecule has 4 nitrogen and oxygen atoms in total. The number of para-hydroxylation sites is 2. The molecule has 0 spiro atoms. The van der Waals surface area contributed by atoms with E-state index in [0.717, 1.165) is 24.0 Å². The number of fused-ring (bicyclic) bond motifs is 1. The lowest BCUT2D eigenvalue weighted by molar-refractivity contribution is -0.116. The van der Waals surface area contributed by atoms with Crippen molar-refractivity contribution in [2.45, 2.75) is 33.2 Å². The number of nitrogens with zero attached hydrogens (tertiary/aromatic N) is 2. The van der Waals surface area contributed by atoms with Gasteiger partial charge in [0.05, 0.1) is 11.0 Å². The van der Waals surface area contributed by atoms with Crippen molar-refractivity contribution in [3.05, 3.63) is 59.7 Å². The van der Waals surface area contributed by atoms with Crippen molar-refractivity contribution in [3.63, 3.8) is 0 Å². The molecule has 118 valence electrons. The van der Waals surface area contributed by atoms with Crippen LogP contribution in [-0.2, 0) is 17.8 Å². The van der Waals surface area contributed by atoms with Gasteiger partial charge in [-0.1, -0.05) is 42.0 Å². The highest BCUT2D eigenvalue weighted by molar-refractivity contribution is 5.91. The Kier molecular flexibility index (Phi) is 4.42. The first kappa shape index (κ1) is 15.3. The molecule has 3 aromatic rings. The fourth-order valence-electron chi connectivity index (χ4n) is 2.80. The summed E-state index contributed by atoms with van der Waals surface area (Å²) in [4.78, 5) is 16.8. The minimum absolute atomic E-state index is 0.00323. The average molecular weight is 307 g/mol. The van der Waals surface area contributed by atoms with Gasteiger partial charge in [-0.25, -0.2) is 4.98 Å². The summed E-state index contributed by atoms with van der Waals surface area (Å²) in [5.41, 5.74) is 4.35.